The van der Waals surface area contributed by atoms with Crippen LogP contribution >= 0.6 is 11.3 Å². The van der Waals surface area contributed by atoms with Gasteiger partial charge in [0.2, 0.25) is 5.91 Å². The van der Waals surface area contributed by atoms with Gasteiger partial charge in [-0.1, -0.05) is 37.3 Å². The second-order valence-electron chi connectivity index (χ2n) is 5.77. The molecule has 1 saturated heterocycles. The number of thiophene rings is 1. The molecule has 1 unspecified atom stereocenters. The molecule has 0 spiro atoms. The number of rotatable bonds is 5. The van der Waals surface area contributed by atoms with Crippen molar-refractivity contribution in [3.8, 4) is 6.07 Å². The van der Waals surface area contributed by atoms with E-state index < -0.39 is 29.9 Å². The summed E-state index contributed by atoms with van der Waals surface area (Å²) in [6.07, 6.45) is 0.364. The number of hydrogen-bond donors (Lipinski definition) is 2. The third kappa shape index (κ3) is 2.93. The van der Waals surface area contributed by atoms with E-state index in [1.165, 1.54) is 11.3 Å². The summed E-state index contributed by atoms with van der Waals surface area (Å²) in [6, 6.07) is 11.9. The van der Waals surface area contributed by atoms with Crippen molar-refractivity contribution >= 4 is 34.2 Å². The van der Waals surface area contributed by atoms with Crippen molar-refractivity contribution < 1.29 is 14.4 Å². The van der Waals surface area contributed by atoms with Crippen LogP contribution in [0.3, 0.4) is 0 Å². The van der Waals surface area contributed by atoms with E-state index >= 15 is 0 Å². The van der Waals surface area contributed by atoms with Gasteiger partial charge in [-0.3, -0.25) is 14.5 Å². The van der Waals surface area contributed by atoms with Crippen LogP contribution in [0, 0.1) is 11.3 Å². The Bertz CT molecular complexity index is 903. The quantitative estimate of drug-likeness (QED) is 0.791. The molecular formula is C18H16N4O3S. The van der Waals surface area contributed by atoms with Crippen LogP contribution in [0.2, 0.25) is 0 Å². The van der Waals surface area contributed by atoms with E-state index in [1.54, 1.807) is 42.6 Å². The minimum absolute atomic E-state index is 0.341. The van der Waals surface area contributed by atoms with Crippen LogP contribution in [0.1, 0.15) is 24.5 Å². The summed E-state index contributed by atoms with van der Waals surface area (Å²) in [5.41, 5.74) is -0.152. The van der Waals surface area contributed by atoms with Gasteiger partial charge in [-0.25, -0.2) is 4.79 Å². The molecular weight excluding hydrogens is 352 g/mol. The van der Waals surface area contributed by atoms with Gasteiger partial charge in [0, 0.05) is 0 Å². The third-order valence-electron chi connectivity index (χ3n) is 4.31. The number of anilines is 1. The molecule has 7 nitrogen and oxygen atoms in total. The predicted octanol–water partition coefficient (Wildman–Crippen LogP) is 2.42. The van der Waals surface area contributed by atoms with E-state index in [9.17, 15) is 14.4 Å². The monoisotopic (exact) mass is 368 g/mol. The van der Waals surface area contributed by atoms with Crippen molar-refractivity contribution in [3.63, 3.8) is 0 Å². The number of nitrogens with zero attached hydrogens (tertiary/aromatic N) is 2. The van der Waals surface area contributed by atoms with Crippen molar-refractivity contribution in [1.82, 2.24) is 10.2 Å². The number of benzene rings is 1. The van der Waals surface area contributed by atoms with Crippen molar-refractivity contribution in [2.75, 3.05) is 11.9 Å². The maximum absolute atomic E-state index is 12.9. The smallest absolute Gasteiger partial charge is 0.319 e. The van der Waals surface area contributed by atoms with Crippen LogP contribution in [0.25, 0.3) is 0 Å². The highest BCUT2D eigenvalue weighted by Gasteiger charge is 2.51. The Morgan fingerprint density at radius 2 is 2.04 bits per heavy atom. The zero-order chi connectivity index (χ0) is 18.7. The second kappa shape index (κ2) is 6.98. The standard InChI is InChI=1S/C18H16N4O3S/c1-2-18(13-6-4-3-5-7-13)16(24)22(17(25)21-18)11-14(23)20-15-12(10-19)8-9-26-15/h3-9H,2,11H2,1H3,(H,20,23)(H,21,25). The molecule has 1 atom stereocenters. The van der Waals surface area contributed by atoms with E-state index in [4.69, 9.17) is 5.26 Å². The van der Waals surface area contributed by atoms with E-state index in [2.05, 4.69) is 10.6 Å². The normalized spacial score (nSPS) is 19.2. The first kappa shape index (κ1) is 17.6. The lowest BCUT2D eigenvalue weighted by atomic mass is 9.87. The fourth-order valence-corrected chi connectivity index (χ4v) is 3.69. The molecule has 0 aliphatic carbocycles. The molecule has 2 heterocycles. The van der Waals surface area contributed by atoms with Gasteiger partial charge in [-0.15, -0.1) is 11.3 Å². The molecule has 1 aromatic carbocycles. The number of nitrogens with one attached hydrogen (secondary N) is 2. The highest BCUT2D eigenvalue weighted by Crippen LogP contribution is 2.32. The number of carbonyl (C=O) groups is 3. The summed E-state index contributed by atoms with van der Waals surface area (Å²) in [6.45, 7) is 1.39. The summed E-state index contributed by atoms with van der Waals surface area (Å²) in [5.74, 6) is -0.995. The molecule has 8 heteroatoms. The molecule has 132 valence electrons. The number of carbonyl (C=O) groups excluding carboxylic acids is 3. The lowest BCUT2D eigenvalue weighted by Gasteiger charge is -2.25. The maximum Gasteiger partial charge on any atom is 0.325 e. The van der Waals surface area contributed by atoms with Gasteiger partial charge in [0.25, 0.3) is 5.91 Å². The Morgan fingerprint density at radius 1 is 1.31 bits per heavy atom. The van der Waals surface area contributed by atoms with Crippen LogP contribution < -0.4 is 10.6 Å². The fourth-order valence-electron chi connectivity index (χ4n) is 2.94. The lowest BCUT2D eigenvalue weighted by Crippen LogP contribution is -2.44. The highest BCUT2D eigenvalue weighted by atomic mass is 32.1. The van der Waals surface area contributed by atoms with Gasteiger partial charge < -0.3 is 10.6 Å². The Morgan fingerprint density at radius 3 is 2.69 bits per heavy atom. The van der Waals surface area contributed by atoms with Gasteiger partial charge in [0.15, 0.2) is 0 Å². The molecule has 1 aliphatic heterocycles. The van der Waals surface area contributed by atoms with E-state index in [0.717, 1.165) is 4.90 Å². The molecule has 3 rings (SSSR count). The molecule has 26 heavy (non-hydrogen) atoms. The topological polar surface area (TPSA) is 102 Å². The van der Waals surface area contributed by atoms with E-state index in [1.807, 2.05) is 12.1 Å². The van der Waals surface area contributed by atoms with E-state index in [0.29, 0.717) is 22.5 Å². The van der Waals surface area contributed by atoms with Gasteiger partial charge in [-0.05, 0) is 23.4 Å². The van der Waals surface area contributed by atoms with Gasteiger partial charge in [-0.2, -0.15) is 5.26 Å². The van der Waals surface area contributed by atoms with Crippen LogP contribution in [0.15, 0.2) is 41.8 Å². The van der Waals surface area contributed by atoms with Crippen molar-refractivity contribution in [3.05, 3.63) is 52.9 Å². The maximum atomic E-state index is 12.9. The zero-order valence-electron chi connectivity index (χ0n) is 14.0. The molecule has 1 aromatic heterocycles. The highest BCUT2D eigenvalue weighted by molar-refractivity contribution is 7.14. The average molecular weight is 368 g/mol. The number of amides is 4. The van der Waals surface area contributed by atoms with Crippen molar-refractivity contribution in [2.24, 2.45) is 0 Å². The Balaban J connectivity index is 1.79. The minimum atomic E-state index is -1.17. The first-order valence-electron chi connectivity index (χ1n) is 7.99. The first-order valence-corrected chi connectivity index (χ1v) is 8.87. The lowest BCUT2D eigenvalue weighted by molar-refractivity contribution is -0.134. The van der Waals surface area contributed by atoms with E-state index in [-0.39, 0.29) is 0 Å². The van der Waals surface area contributed by atoms with Crippen LogP contribution in [0.4, 0.5) is 9.80 Å². The summed E-state index contributed by atoms with van der Waals surface area (Å²) < 4.78 is 0. The molecule has 0 saturated carbocycles. The molecule has 0 bridgehead atoms. The molecule has 1 aliphatic rings. The van der Waals surface area contributed by atoms with Gasteiger partial charge in [0.1, 0.15) is 23.2 Å². The van der Waals surface area contributed by atoms with Crippen molar-refractivity contribution in [1.29, 1.82) is 5.26 Å². The van der Waals surface area contributed by atoms with Crippen LogP contribution in [-0.2, 0) is 15.1 Å². The second-order valence-corrected chi connectivity index (χ2v) is 6.69. The Hall–Kier alpha value is -3.18. The number of nitriles is 1. The molecule has 1 fully saturated rings. The summed E-state index contributed by atoms with van der Waals surface area (Å²) in [7, 11) is 0. The first-order chi connectivity index (χ1) is 12.5. The SMILES string of the molecule is CCC1(c2ccccc2)NC(=O)N(CC(=O)Nc2sccc2C#N)C1=O. The summed E-state index contributed by atoms with van der Waals surface area (Å²) in [4.78, 5) is 38.5. The molecule has 4 amide bonds. The minimum Gasteiger partial charge on any atom is -0.319 e. The third-order valence-corrected chi connectivity index (χ3v) is 5.14. The number of imide groups is 1. The Labute approximate surface area is 154 Å². The number of hydrogen-bond acceptors (Lipinski definition) is 5. The van der Waals surface area contributed by atoms with Crippen LogP contribution in [-0.4, -0.2) is 29.3 Å². The largest absolute Gasteiger partial charge is 0.325 e. The summed E-state index contributed by atoms with van der Waals surface area (Å²) >= 11 is 1.20. The predicted molar refractivity (Wildman–Crippen MR) is 96.3 cm³/mol. The zero-order valence-corrected chi connectivity index (χ0v) is 14.8. The van der Waals surface area contributed by atoms with Gasteiger partial charge >= 0.3 is 6.03 Å². The molecule has 2 N–H and O–H groups in total. The molecule has 0 radical (unpaired) electrons. The number of urea groups is 1. The van der Waals surface area contributed by atoms with Crippen LogP contribution in [0.5, 0.6) is 0 Å². The van der Waals surface area contributed by atoms with Crippen molar-refractivity contribution in [2.45, 2.75) is 18.9 Å². The summed E-state index contributed by atoms with van der Waals surface area (Å²) in [5, 5.41) is 16.4. The fraction of sp³-hybridized carbons (Fsp3) is 0.222. The Kier molecular flexibility index (Phi) is 4.73. The average Bonchev–Trinajstić information content (AvgIpc) is 3.20. The van der Waals surface area contributed by atoms with Gasteiger partial charge in [0.05, 0.1) is 5.56 Å². The molecule has 2 aromatic rings.